The zero-order valence-corrected chi connectivity index (χ0v) is 15.1. The monoisotopic (exact) mass is 348 g/mol. The second-order valence-corrected chi connectivity index (χ2v) is 7.53. The third-order valence-electron chi connectivity index (χ3n) is 4.33. The number of alkyl carbamates (subject to hydrolysis) is 1. The van der Waals surface area contributed by atoms with Crippen molar-refractivity contribution in [1.82, 2.24) is 10.6 Å². The molecule has 6 heteroatoms. The van der Waals surface area contributed by atoms with Crippen LogP contribution in [0.5, 0.6) is 0 Å². The second-order valence-electron chi connectivity index (χ2n) is 7.53. The zero-order valence-electron chi connectivity index (χ0n) is 15.1. The predicted molar refractivity (Wildman–Crippen MR) is 95.3 cm³/mol. The fraction of sp³-hybridized carbons (Fsp3) is 0.579. The Morgan fingerprint density at radius 1 is 1.24 bits per heavy atom. The molecule has 3 unspecified atom stereocenters. The summed E-state index contributed by atoms with van der Waals surface area (Å²) in [7, 11) is 0. The topological polar surface area (TPSA) is 87.7 Å². The minimum Gasteiger partial charge on any atom is -0.480 e. The molecule has 2 rings (SSSR count). The molecule has 1 aliphatic carbocycles. The molecule has 0 aromatic heterocycles. The van der Waals surface area contributed by atoms with Crippen LogP contribution in [0, 0.1) is 5.92 Å². The number of amides is 1. The van der Waals surface area contributed by atoms with Crippen molar-refractivity contribution in [3.63, 3.8) is 0 Å². The lowest BCUT2D eigenvalue weighted by atomic mass is 10.00. The van der Waals surface area contributed by atoms with E-state index in [2.05, 4.69) is 10.6 Å². The third-order valence-corrected chi connectivity index (χ3v) is 4.33. The van der Waals surface area contributed by atoms with Crippen molar-refractivity contribution in [2.75, 3.05) is 6.54 Å². The first-order valence-corrected chi connectivity index (χ1v) is 8.77. The van der Waals surface area contributed by atoms with E-state index in [0.717, 1.165) is 24.8 Å². The van der Waals surface area contributed by atoms with E-state index in [9.17, 15) is 14.7 Å². The van der Waals surface area contributed by atoms with Gasteiger partial charge in [0.25, 0.3) is 0 Å². The highest BCUT2D eigenvalue weighted by Gasteiger charge is 2.32. The highest BCUT2D eigenvalue weighted by atomic mass is 16.6. The summed E-state index contributed by atoms with van der Waals surface area (Å²) in [5.41, 5.74) is 0.208. The molecule has 0 radical (unpaired) electrons. The van der Waals surface area contributed by atoms with Crippen LogP contribution in [0.2, 0.25) is 0 Å². The number of carbonyl (C=O) groups is 2. The number of carboxylic acids is 1. The number of carbonyl (C=O) groups excluding carboxylic acids is 1. The van der Waals surface area contributed by atoms with Gasteiger partial charge in [-0.15, -0.1) is 0 Å². The van der Waals surface area contributed by atoms with Gasteiger partial charge in [-0.25, -0.2) is 4.79 Å². The van der Waals surface area contributed by atoms with E-state index in [-0.39, 0.29) is 12.0 Å². The average molecular weight is 348 g/mol. The molecular weight excluding hydrogens is 320 g/mol. The van der Waals surface area contributed by atoms with E-state index in [4.69, 9.17) is 4.74 Å². The van der Waals surface area contributed by atoms with E-state index in [1.54, 1.807) is 0 Å². The van der Waals surface area contributed by atoms with Crippen LogP contribution < -0.4 is 10.6 Å². The Labute approximate surface area is 149 Å². The molecule has 138 valence electrons. The molecule has 1 saturated carbocycles. The molecule has 0 bridgehead atoms. The minimum absolute atomic E-state index is 0.0521. The first-order chi connectivity index (χ1) is 11.8. The van der Waals surface area contributed by atoms with E-state index in [0.29, 0.717) is 6.54 Å². The van der Waals surface area contributed by atoms with Gasteiger partial charge in [0, 0.05) is 12.6 Å². The fourth-order valence-corrected chi connectivity index (χ4v) is 3.20. The summed E-state index contributed by atoms with van der Waals surface area (Å²) in [5.74, 6) is -0.699. The van der Waals surface area contributed by atoms with E-state index >= 15 is 0 Å². The standard InChI is InChI=1S/C19H28N2O4/c1-19(2,3)25-18(24)20-12-14-10-7-11-15(14)21-16(17(22)23)13-8-5-4-6-9-13/h4-6,8-9,14-16,21H,7,10-12H2,1-3H3,(H,20,24)(H,22,23). The van der Waals surface area contributed by atoms with Gasteiger partial charge in [-0.05, 0) is 45.1 Å². The largest absolute Gasteiger partial charge is 0.480 e. The summed E-state index contributed by atoms with van der Waals surface area (Å²) in [6.45, 7) is 5.95. The number of ether oxygens (including phenoxy) is 1. The molecule has 3 N–H and O–H groups in total. The van der Waals surface area contributed by atoms with Crippen LogP contribution in [-0.4, -0.2) is 35.4 Å². The van der Waals surface area contributed by atoms with Gasteiger partial charge in [0.2, 0.25) is 0 Å². The van der Waals surface area contributed by atoms with Gasteiger partial charge in [-0.1, -0.05) is 36.8 Å². The number of carboxylic acid groups (broad SMARTS) is 1. The maximum absolute atomic E-state index is 11.8. The number of benzene rings is 1. The van der Waals surface area contributed by atoms with E-state index < -0.39 is 23.7 Å². The molecule has 1 amide bonds. The quantitative estimate of drug-likeness (QED) is 0.735. The lowest BCUT2D eigenvalue weighted by Crippen LogP contribution is -2.43. The highest BCUT2D eigenvalue weighted by Crippen LogP contribution is 2.28. The molecular formula is C19H28N2O4. The summed E-state index contributed by atoms with van der Waals surface area (Å²) in [4.78, 5) is 23.5. The van der Waals surface area contributed by atoms with Crippen LogP contribution in [-0.2, 0) is 9.53 Å². The van der Waals surface area contributed by atoms with Crippen LogP contribution in [0.4, 0.5) is 4.79 Å². The Balaban J connectivity index is 1.94. The van der Waals surface area contributed by atoms with E-state index in [1.165, 1.54) is 0 Å². The molecule has 3 atom stereocenters. The third kappa shape index (κ3) is 6.05. The average Bonchev–Trinajstić information content (AvgIpc) is 2.96. The summed E-state index contributed by atoms with van der Waals surface area (Å²) in [6, 6.07) is 8.48. The van der Waals surface area contributed by atoms with Crippen molar-refractivity contribution in [3.05, 3.63) is 35.9 Å². The van der Waals surface area contributed by atoms with Crippen LogP contribution >= 0.6 is 0 Å². The molecule has 0 saturated heterocycles. The summed E-state index contributed by atoms with van der Waals surface area (Å²) in [6.07, 6.45) is 2.43. The summed E-state index contributed by atoms with van der Waals surface area (Å²) >= 11 is 0. The van der Waals surface area contributed by atoms with Crippen molar-refractivity contribution in [1.29, 1.82) is 0 Å². The first-order valence-electron chi connectivity index (χ1n) is 8.77. The van der Waals surface area contributed by atoms with Gasteiger partial charge in [0.15, 0.2) is 0 Å². The molecule has 1 aromatic rings. The maximum Gasteiger partial charge on any atom is 0.407 e. The lowest BCUT2D eigenvalue weighted by molar-refractivity contribution is -0.140. The van der Waals surface area contributed by atoms with Crippen molar-refractivity contribution >= 4 is 12.1 Å². The minimum atomic E-state index is -0.892. The van der Waals surface area contributed by atoms with Gasteiger partial charge in [0.1, 0.15) is 11.6 Å². The van der Waals surface area contributed by atoms with Crippen molar-refractivity contribution in [2.24, 2.45) is 5.92 Å². The van der Waals surface area contributed by atoms with Crippen molar-refractivity contribution in [3.8, 4) is 0 Å². The van der Waals surface area contributed by atoms with Gasteiger partial charge < -0.3 is 15.2 Å². The van der Waals surface area contributed by atoms with Gasteiger partial charge in [0.05, 0.1) is 0 Å². The van der Waals surface area contributed by atoms with Crippen LogP contribution in [0.1, 0.15) is 51.6 Å². The number of hydrogen-bond donors (Lipinski definition) is 3. The van der Waals surface area contributed by atoms with Crippen LogP contribution in [0.15, 0.2) is 30.3 Å². The molecule has 0 spiro atoms. The number of aliphatic carboxylic acids is 1. The zero-order chi connectivity index (χ0) is 18.4. The second kappa shape index (κ2) is 8.34. The van der Waals surface area contributed by atoms with Gasteiger partial charge in [-0.2, -0.15) is 0 Å². The Kier molecular flexibility index (Phi) is 6.42. The van der Waals surface area contributed by atoms with Gasteiger partial charge >= 0.3 is 12.1 Å². The van der Waals surface area contributed by atoms with Crippen molar-refractivity contribution < 1.29 is 19.4 Å². The Morgan fingerprint density at radius 3 is 2.52 bits per heavy atom. The fourth-order valence-electron chi connectivity index (χ4n) is 3.20. The first kappa shape index (κ1) is 19.2. The van der Waals surface area contributed by atoms with Crippen LogP contribution in [0.25, 0.3) is 0 Å². The Hall–Kier alpha value is -2.08. The van der Waals surface area contributed by atoms with Crippen molar-refractivity contribution in [2.45, 2.75) is 57.7 Å². The van der Waals surface area contributed by atoms with Crippen LogP contribution in [0.3, 0.4) is 0 Å². The lowest BCUT2D eigenvalue weighted by Gasteiger charge is -2.26. The SMILES string of the molecule is CC(C)(C)OC(=O)NCC1CCCC1NC(C(=O)O)c1ccccc1. The molecule has 6 nitrogen and oxygen atoms in total. The Morgan fingerprint density at radius 2 is 1.92 bits per heavy atom. The summed E-state index contributed by atoms with van der Waals surface area (Å²) < 4.78 is 5.26. The number of nitrogens with one attached hydrogen (secondary N) is 2. The molecule has 0 aliphatic heterocycles. The Bertz CT molecular complexity index is 583. The normalized spacial score (nSPS) is 21.6. The summed E-state index contributed by atoms with van der Waals surface area (Å²) in [5, 5.41) is 15.6. The molecule has 1 fully saturated rings. The smallest absolute Gasteiger partial charge is 0.407 e. The van der Waals surface area contributed by atoms with Gasteiger partial charge in [-0.3, -0.25) is 10.1 Å². The molecule has 1 aliphatic rings. The maximum atomic E-state index is 11.8. The number of rotatable bonds is 6. The predicted octanol–water partition coefficient (Wildman–Crippen LogP) is 3.10. The molecule has 25 heavy (non-hydrogen) atoms. The highest BCUT2D eigenvalue weighted by molar-refractivity contribution is 5.75. The molecule has 1 aromatic carbocycles. The van der Waals surface area contributed by atoms with E-state index in [1.807, 2.05) is 51.1 Å². The number of hydrogen-bond acceptors (Lipinski definition) is 4. The molecule has 0 heterocycles.